The van der Waals surface area contributed by atoms with Crippen molar-refractivity contribution in [2.45, 2.75) is 52.5 Å². The standard InChI is InChI=1S/C13H26N2O/c1-13(2,3)8-12(16)15(4)11-7-5-6-10(11)9-14/h10-11H,5-9,14H2,1-4H3. The summed E-state index contributed by atoms with van der Waals surface area (Å²) >= 11 is 0. The van der Waals surface area contributed by atoms with Gasteiger partial charge in [-0.3, -0.25) is 4.79 Å². The average Bonchev–Trinajstić information content (AvgIpc) is 2.61. The van der Waals surface area contributed by atoms with E-state index in [1.165, 1.54) is 12.8 Å². The Morgan fingerprint density at radius 3 is 2.50 bits per heavy atom. The molecule has 2 N–H and O–H groups in total. The van der Waals surface area contributed by atoms with Gasteiger partial charge in [-0.15, -0.1) is 0 Å². The maximum Gasteiger partial charge on any atom is 0.223 e. The molecule has 0 heterocycles. The maximum absolute atomic E-state index is 12.1. The van der Waals surface area contributed by atoms with Gasteiger partial charge in [-0.25, -0.2) is 0 Å². The second kappa shape index (κ2) is 5.17. The van der Waals surface area contributed by atoms with Gasteiger partial charge in [0.25, 0.3) is 0 Å². The van der Waals surface area contributed by atoms with Crippen LogP contribution in [0.4, 0.5) is 0 Å². The minimum atomic E-state index is 0.0716. The molecule has 1 aliphatic carbocycles. The first-order chi connectivity index (χ1) is 7.35. The molecule has 0 bridgehead atoms. The quantitative estimate of drug-likeness (QED) is 0.800. The van der Waals surface area contributed by atoms with Crippen molar-refractivity contribution in [3.05, 3.63) is 0 Å². The van der Waals surface area contributed by atoms with Crippen LogP contribution in [-0.2, 0) is 4.79 Å². The minimum Gasteiger partial charge on any atom is -0.342 e. The second-order valence-electron chi connectivity index (χ2n) is 6.24. The van der Waals surface area contributed by atoms with E-state index >= 15 is 0 Å². The van der Waals surface area contributed by atoms with Crippen molar-refractivity contribution in [1.82, 2.24) is 4.90 Å². The number of nitrogens with zero attached hydrogens (tertiary/aromatic N) is 1. The maximum atomic E-state index is 12.1. The van der Waals surface area contributed by atoms with Crippen molar-refractivity contribution in [1.29, 1.82) is 0 Å². The average molecular weight is 226 g/mol. The highest BCUT2D eigenvalue weighted by Crippen LogP contribution is 2.30. The van der Waals surface area contributed by atoms with Gasteiger partial charge in [-0.05, 0) is 30.7 Å². The van der Waals surface area contributed by atoms with Gasteiger partial charge in [0.1, 0.15) is 0 Å². The van der Waals surface area contributed by atoms with Crippen LogP contribution in [-0.4, -0.2) is 30.4 Å². The third-order valence-electron chi connectivity index (χ3n) is 3.49. The van der Waals surface area contributed by atoms with Gasteiger partial charge in [-0.1, -0.05) is 27.2 Å². The Balaban J connectivity index is 2.56. The zero-order valence-electron chi connectivity index (χ0n) is 11.1. The largest absolute Gasteiger partial charge is 0.342 e. The third kappa shape index (κ3) is 3.48. The second-order valence-corrected chi connectivity index (χ2v) is 6.24. The van der Waals surface area contributed by atoms with E-state index in [0.717, 1.165) is 6.42 Å². The summed E-state index contributed by atoms with van der Waals surface area (Å²) in [5.74, 6) is 0.770. The summed E-state index contributed by atoms with van der Waals surface area (Å²) in [5, 5.41) is 0. The van der Waals surface area contributed by atoms with Crippen LogP contribution in [0.15, 0.2) is 0 Å². The lowest BCUT2D eigenvalue weighted by molar-refractivity contribution is -0.134. The van der Waals surface area contributed by atoms with E-state index in [4.69, 9.17) is 5.73 Å². The molecule has 1 fully saturated rings. The lowest BCUT2D eigenvalue weighted by Gasteiger charge is -2.31. The molecule has 1 rings (SSSR count). The highest BCUT2D eigenvalue weighted by Gasteiger charge is 2.32. The molecule has 2 atom stereocenters. The molecule has 16 heavy (non-hydrogen) atoms. The van der Waals surface area contributed by atoms with Gasteiger partial charge < -0.3 is 10.6 Å². The topological polar surface area (TPSA) is 46.3 Å². The molecule has 0 aromatic heterocycles. The number of rotatable bonds is 3. The zero-order chi connectivity index (χ0) is 12.3. The van der Waals surface area contributed by atoms with Crippen molar-refractivity contribution in [2.75, 3.05) is 13.6 Å². The summed E-state index contributed by atoms with van der Waals surface area (Å²) in [6, 6.07) is 0.375. The summed E-state index contributed by atoms with van der Waals surface area (Å²) in [6.45, 7) is 7.02. The normalized spacial score (nSPS) is 25.8. The first-order valence-electron chi connectivity index (χ1n) is 6.31. The van der Waals surface area contributed by atoms with E-state index in [1.54, 1.807) is 0 Å². The Hall–Kier alpha value is -0.570. The molecule has 3 nitrogen and oxygen atoms in total. The van der Waals surface area contributed by atoms with Crippen LogP contribution in [0.25, 0.3) is 0 Å². The van der Waals surface area contributed by atoms with Gasteiger partial charge in [0.2, 0.25) is 5.91 Å². The first kappa shape index (κ1) is 13.5. The summed E-state index contributed by atoms with van der Waals surface area (Å²) in [7, 11) is 1.94. The zero-order valence-corrected chi connectivity index (χ0v) is 11.1. The van der Waals surface area contributed by atoms with E-state index in [0.29, 0.717) is 24.9 Å². The minimum absolute atomic E-state index is 0.0716. The Bertz CT molecular complexity index is 245. The fourth-order valence-corrected chi connectivity index (χ4v) is 2.57. The summed E-state index contributed by atoms with van der Waals surface area (Å²) in [4.78, 5) is 14.0. The molecule has 1 aliphatic rings. The molecule has 0 aromatic rings. The summed E-state index contributed by atoms with van der Waals surface area (Å²) in [5.41, 5.74) is 5.82. The molecule has 2 unspecified atom stereocenters. The lowest BCUT2D eigenvalue weighted by Crippen LogP contribution is -2.42. The van der Waals surface area contributed by atoms with Gasteiger partial charge in [-0.2, -0.15) is 0 Å². The Kier molecular flexibility index (Phi) is 4.36. The third-order valence-corrected chi connectivity index (χ3v) is 3.49. The molecule has 1 saturated carbocycles. The van der Waals surface area contributed by atoms with E-state index in [9.17, 15) is 4.79 Å². The monoisotopic (exact) mass is 226 g/mol. The number of hydrogen-bond acceptors (Lipinski definition) is 2. The fraction of sp³-hybridized carbons (Fsp3) is 0.923. The molecule has 0 spiro atoms. The number of carbonyl (C=O) groups excluding carboxylic acids is 1. The van der Waals surface area contributed by atoms with Crippen LogP contribution in [0.5, 0.6) is 0 Å². The van der Waals surface area contributed by atoms with Crippen molar-refractivity contribution < 1.29 is 4.79 Å². The van der Waals surface area contributed by atoms with Crippen LogP contribution >= 0.6 is 0 Å². The predicted octanol–water partition coefficient (Wildman–Crippen LogP) is 2.01. The Labute approximate surface area is 99.4 Å². The number of nitrogens with two attached hydrogens (primary N) is 1. The van der Waals surface area contributed by atoms with E-state index in [1.807, 2.05) is 11.9 Å². The molecular formula is C13H26N2O. The molecule has 0 aromatic carbocycles. The number of amides is 1. The van der Waals surface area contributed by atoms with Crippen molar-refractivity contribution in [3.8, 4) is 0 Å². The highest BCUT2D eigenvalue weighted by atomic mass is 16.2. The van der Waals surface area contributed by atoms with Crippen molar-refractivity contribution in [2.24, 2.45) is 17.1 Å². The Morgan fingerprint density at radius 2 is 2.00 bits per heavy atom. The highest BCUT2D eigenvalue weighted by molar-refractivity contribution is 5.76. The van der Waals surface area contributed by atoms with Crippen LogP contribution in [0.2, 0.25) is 0 Å². The molecular weight excluding hydrogens is 200 g/mol. The van der Waals surface area contributed by atoms with Crippen LogP contribution in [0.1, 0.15) is 46.5 Å². The lowest BCUT2D eigenvalue weighted by atomic mass is 9.91. The van der Waals surface area contributed by atoms with Crippen molar-refractivity contribution in [3.63, 3.8) is 0 Å². The smallest absolute Gasteiger partial charge is 0.223 e. The van der Waals surface area contributed by atoms with Crippen LogP contribution in [0.3, 0.4) is 0 Å². The number of hydrogen-bond donors (Lipinski definition) is 1. The van der Waals surface area contributed by atoms with E-state index in [-0.39, 0.29) is 11.3 Å². The molecule has 0 radical (unpaired) electrons. The first-order valence-corrected chi connectivity index (χ1v) is 6.31. The van der Waals surface area contributed by atoms with Crippen LogP contribution < -0.4 is 5.73 Å². The summed E-state index contributed by atoms with van der Waals surface area (Å²) in [6.07, 6.45) is 4.12. The molecule has 94 valence electrons. The summed E-state index contributed by atoms with van der Waals surface area (Å²) < 4.78 is 0. The van der Waals surface area contributed by atoms with Gasteiger partial charge in [0, 0.05) is 19.5 Å². The van der Waals surface area contributed by atoms with Crippen LogP contribution in [0, 0.1) is 11.3 Å². The SMILES string of the molecule is CN(C(=O)CC(C)(C)C)C1CCCC1CN. The fourth-order valence-electron chi connectivity index (χ4n) is 2.57. The van der Waals surface area contributed by atoms with E-state index < -0.39 is 0 Å². The molecule has 3 heteroatoms. The van der Waals surface area contributed by atoms with Gasteiger partial charge >= 0.3 is 0 Å². The van der Waals surface area contributed by atoms with Crippen molar-refractivity contribution >= 4 is 5.91 Å². The molecule has 0 aliphatic heterocycles. The Morgan fingerprint density at radius 1 is 1.38 bits per heavy atom. The van der Waals surface area contributed by atoms with E-state index in [2.05, 4.69) is 20.8 Å². The molecule has 0 saturated heterocycles. The van der Waals surface area contributed by atoms with Gasteiger partial charge in [0.15, 0.2) is 0 Å². The predicted molar refractivity (Wildman–Crippen MR) is 67.0 cm³/mol. The molecule has 1 amide bonds. The van der Waals surface area contributed by atoms with Gasteiger partial charge in [0.05, 0.1) is 0 Å². The number of carbonyl (C=O) groups is 1.